The lowest BCUT2D eigenvalue weighted by atomic mass is 10.2. The quantitative estimate of drug-likeness (QED) is 0.321. The van der Waals surface area contributed by atoms with E-state index in [0.29, 0.717) is 11.5 Å². The Balaban J connectivity index is 2.40. The largest absolute Gasteiger partial charge is 0.373 e. The zero-order chi connectivity index (χ0) is 9.52. The van der Waals surface area contributed by atoms with Crippen molar-refractivity contribution >= 4 is 17.7 Å². The summed E-state index contributed by atoms with van der Waals surface area (Å²) in [4.78, 5) is 20.3. The molecule has 0 aliphatic carbocycles. The Morgan fingerprint density at radius 1 is 1.38 bits per heavy atom. The average molecular weight is 198 g/mol. The first kappa shape index (κ1) is 10.1. The first-order chi connectivity index (χ1) is 6.34. The van der Waals surface area contributed by atoms with E-state index in [1.165, 1.54) is 11.8 Å². The van der Waals surface area contributed by atoms with Crippen LogP contribution in [0.25, 0.3) is 0 Å². The molecular formula is C9H10O3S. The van der Waals surface area contributed by atoms with E-state index in [-0.39, 0.29) is 0 Å². The summed E-state index contributed by atoms with van der Waals surface area (Å²) in [6.45, 7) is 0. The van der Waals surface area contributed by atoms with E-state index >= 15 is 0 Å². The molecule has 1 aromatic carbocycles. The van der Waals surface area contributed by atoms with Gasteiger partial charge in [-0.3, -0.25) is 4.89 Å². The second-order valence-corrected chi connectivity index (χ2v) is 3.07. The first-order valence-electron chi connectivity index (χ1n) is 3.72. The van der Waals surface area contributed by atoms with Crippen LogP contribution in [0, 0.1) is 0 Å². The fourth-order valence-corrected chi connectivity index (χ4v) is 0.892. The molecule has 3 nitrogen and oxygen atoms in total. The fourth-order valence-electron chi connectivity index (χ4n) is 0.748. The van der Waals surface area contributed by atoms with Gasteiger partial charge in [-0.1, -0.05) is 18.2 Å². The lowest BCUT2D eigenvalue weighted by Crippen LogP contribution is -2.05. The molecule has 0 saturated carbocycles. The molecule has 0 aromatic heterocycles. The van der Waals surface area contributed by atoms with E-state index in [2.05, 4.69) is 9.78 Å². The molecule has 1 rings (SSSR count). The Morgan fingerprint density at radius 2 is 2.08 bits per heavy atom. The van der Waals surface area contributed by atoms with E-state index < -0.39 is 5.97 Å². The van der Waals surface area contributed by atoms with Crippen LogP contribution in [-0.2, 0) is 9.78 Å². The van der Waals surface area contributed by atoms with Crippen molar-refractivity contribution in [3.8, 4) is 0 Å². The summed E-state index contributed by atoms with van der Waals surface area (Å²) in [5, 5.41) is 0. The maximum absolute atomic E-state index is 11.2. The van der Waals surface area contributed by atoms with Crippen LogP contribution < -0.4 is 0 Å². The molecule has 0 aliphatic rings. The fraction of sp³-hybridized carbons (Fsp3) is 0.222. The highest BCUT2D eigenvalue weighted by molar-refractivity contribution is 7.98. The topological polar surface area (TPSA) is 35.5 Å². The summed E-state index contributed by atoms with van der Waals surface area (Å²) >= 11 is 1.44. The minimum absolute atomic E-state index is 0.346. The molecule has 0 unspecified atom stereocenters. The van der Waals surface area contributed by atoms with E-state index in [0.717, 1.165) is 0 Å². The maximum Gasteiger partial charge on any atom is 0.373 e. The van der Waals surface area contributed by atoms with Crippen LogP contribution in [0.3, 0.4) is 0 Å². The molecule has 0 saturated heterocycles. The molecule has 4 heteroatoms. The molecule has 13 heavy (non-hydrogen) atoms. The third-order valence-corrected chi connectivity index (χ3v) is 1.64. The highest BCUT2D eigenvalue weighted by Crippen LogP contribution is 2.02. The number of carbonyl (C=O) groups excluding carboxylic acids is 1. The minimum atomic E-state index is -0.463. The molecule has 0 aliphatic heterocycles. The van der Waals surface area contributed by atoms with Crippen molar-refractivity contribution in [1.29, 1.82) is 0 Å². The summed E-state index contributed by atoms with van der Waals surface area (Å²) in [7, 11) is 0. The van der Waals surface area contributed by atoms with E-state index in [1.54, 1.807) is 24.3 Å². The number of thioether (sulfide) groups is 1. The third-order valence-electron chi connectivity index (χ3n) is 1.31. The Bertz CT molecular complexity index is 261. The van der Waals surface area contributed by atoms with E-state index in [9.17, 15) is 4.79 Å². The molecule has 70 valence electrons. The standard InChI is InChI=1S/C9H10O3S/c1-13-7-11-12-9(10)8-5-3-2-4-6-8/h2-6H,7H2,1H3. The van der Waals surface area contributed by atoms with Crippen LogP contribution >= 0.6 is 11.8 Å². The van der Waals surface area contributed by atoms with Gasteiger partial charge in [-0.2, -0.15) is 4.89 Å². The van der Waals surface area contributed by atoms with Gasteiger partial charge in [0.15, 0.2) is 0 Å². The van der Waals surface area contributed by atoms with Crippen LogP contribution in [-0.4, -0.2) is 18.2 Å². The monoisotopic (exact) mass is 198 g/mol. The van der Waals surface area contributed by atoms with E-state index in [1.807, 2.05) is 12.3 Å². The first-order valence-corrected chi connectivity index (χ1v) is 5.12. The molecule has 1 aromatic rings. The van der Waals surface area contributed by atoms with Gasteiger partial charge in [0, 0.05) is 0 Å². The molecule has 0 bridgehead atoms. The predicted octanol–water partition coefficient (Wildman–Crippen LogP) is 2.10. The van der Waals surface area contributed by atoms with Gasteiger partial charge in [0.25, 0.3) is 0 Å². The van der Waals surface area contributed by atoms with Crippen molar-refractivity contribution < 1.29 is 14.6 Å². The molecule has 0 fully saturated rings. The summed E-state index contributed by atoms with van der Waals surface area (Å²) in [6.07, 6.45) is 1.86. The van der Waals surface area contributed by atoms with Gasteiger partial charge >= 0.3 is 5.97 Å². The van der Waals surface area contributed by atoms with Crippen LogP contribution in [0.2, 0.25) is 0 Å². The highest BCUT2D eigenvalue weighted by atomic mass is 32.2. The van der Waals surface area contributed by atoms with Crippen LogP contribution in [0.4, 0.5) is 0 Å². The van der Waals surface area contributed by atoms with Crippen molar-refractivity contribution in [2.45, 2.75) is 0 Å². The highest BCUT2D eigenvalue weighted by Gasteiger charge is 2.05. The Kier molecular flexibility index (Phi) is 4.35. The van der Waals surface area contributed by atoms with Crippen LogP contribution in [0.1, 0.15) is 10.4 Å². The smallest absolute Gasteiger partial charge is 0.292 e. The molecule has 0 N–H and O–H groups in total. The summed E-state index contributed by atoms with van der Waals surface area (Å²) < 4.78 is 0. The lowest BCUT2D eigenvalue weighted by molar-refractivity contribution is -0.223. The van der Waals surface area contributed by atoms with Crippen molar-refractivity contribution in [3.63, 3.8) is 0 Å². The molecular weight excluding hydrogens is 188 g/mol. The number of carbonyl (C=O) groups is 1. The third kappa shape index (κ3) is 3.48. The van der Waals surface area contributed by atoms with Gasteiger partial charge < -0.3 is 0 Å². The van der Waals surface area contributed by atoms with Crippen molar-refractivity contribution in [2.24, 2.45) is 0 Å². The summed E-state index contributed by atoms with van der Waals surface area (Å²) in [6, 6.07) is 8.71. The van der Waals surface area contributed by atoms with Gasteiger partial charge in [0.05, 0.1) is 5.56 Å². The molecule has 0 radical (unpaired) electrons. The zero-order valence-corrected chi connectivity index (χ0v) is 8.04. The number of benzene rings is 1. The molecule has 0 spiro atoms. The summed E-state index contributed by atoms with van der Waals surface area (Å²) in [5.74, 6) is -0.117. The Morgan fingerprint density at radius 3 is 2.69 bits per heavy atom. The van der Waals surface area contributed by atoms with E-state index in [4.69, 9.17) is 0 Å². The normalized spacial score (nSPS) is 9.62. The maximum atomic E-state index is 11.2. The predicted molar refractivity (Wildman–Crippen MR) is 51.3 cm³/mol. The SMILES string of the molecule is CSCOOC(=O)c1ccccc1. The second-order valence-electron chi connectivity index (χ2n) is 2.26. The van der Waals surface area contributed by atoms with Gasteiger partial charge in [-0.15, -0.1) is 11.8 Å². The average Bonchev–Trinajstić information content (AvgIpc) is 2.19. The number of rotatable bonds is 4. The van der Waals surface area contributed by atoms with Crippen molar-refractivity contribution in [2.75, 3.05) is 12.2 Å². The van der Waals surface area contributed by atoms with Gasteiger partial charge in [0.2, 0.25) is 0 Å². The van der Waals surface area contributed by atoms with Crippen molar-refractivity contribution in [1.82, 2.24) is 0 Å². The number of hydrogen-bond acceptors (Lipinski definition) is 4. The Labute approximate surface area is 81.0 Å². The van der Waals surface area contributed by atoms with Gasteiger partial charge in [-0.25, -0.2) is 4.79 Å². The van der Waals surface area contributed by atoms with Crippen LogP contribution in [0.5, 0.6) is 0 Å². The van der Waals surface area contributed by atoms with Crippen LogP contribution in [0.15, 0.2) is 30.3 Å². The Hall–Kier alpha value is -1.00. The molecule has 0 amide bonds. The second kappa shape index (κ2) is 5.61. The zero-order valence-electron chi connectivity index (χ0n) is 7.23. The van der Waals surface area contributed by atoms with Gasteiger partial charge in [0.1, 0.15) is 5.94 Å². The molecule has 0 heterocycles. The lowest BCUT2D eigenvalue weighted by Gasteiger charge is -2.00. The van der Waals surface area contributed by atoms with Gasteiger partial charge in [-0.05, 0) is 18.4 Å². The summed E-state index contributed by atoms with van der Waals surface area (Å²) in [5.41, 5.74) is 0.489. The van der Waals surface area contributed by atoms with Crippen molar-refractivity contribution in [3.05, 3.63) is 35.9 Å². The number of hydrogen-bond donors (Lipinski definition) is 0. The molecule has 0 atom stereocenters. The minimum Gasteiger partial charge on any atom is -0.292 e.